The number of hydrogen-bond donors (Lipinski definition) is 1. The molecule has 1 aromatic carbocycles. The number of carboxylic acid groups (broad SMARTS) is 1. The van der Waals surface area contributed by atoms with E-state index in [1.165, 1.54) is 4.90 Å². The summed E-state index contributed by atoms with van der Waals surface area (Å²) in [5.41, 5.74) is 0.785. The Morgan fingerprint density at radius 1 is 1.36 bits per heavy atom. The first-order valence-corrected chi connectivity index (χ1v) is 8.08. The van der Waals surface area contributed by atoms with Crippen molar-refractivity contribution < 1.29 is 24.0 Å². The van der Waals surface area contributed by atoms with E-state index < -0.39 is 12.0 Å². The summed E-state index contributed by atoms with van der Waals surface area (Å²) < 4.78 is 10.3. The van der Waals surface area contributed by atoms with E-state index >= 15 is 0 Å². The van der Waals surface area contributed by atoms with Crippen LogP contribution in [-0.2, 0) is 16.0 Å². The lowest BCUT2D eigenvalue weighted by Gasteiger charge is -2.20. The molecule has 1 fully saturated rings. The zero-order valence-corrected chi connectivity index (χ0v) is 13.8. The predicted octanol–water partition coefficient (Wildman–Crippen LogP) is 1.75. The van der Waals surface area contributed by atoms with Crippen molar-refractivity contribution in [1.29, 1.82) is 0 Å². The van der Waals surface area contributed by atoms with Crippen LogP contribution < -0.4 is 4.74 Å². The number of carboxylic acids is 1. The van der Waals surface area contributed by atoms with Crippen LogP contribution in [0.5, 0.6) is 5.75 Å². The number of amides is 1. The number of methoxy groups -OCH3 is 1. The second kappa shape index (κ2) is 7.33. The van der Waals surface area contributed by atoms with Gasteiger partial charge in [0.2, 0.25) is 17.6 Å². The molecule has 0 spiro atoms. The Balaban J connectivity index is 1.59. The fraction of sp³-hybridized carbons (Fsp3) is 0.412. The molecule has 8 nitrogen and oxygen atoms in total. The van der Waals surface area contributed by atoms with Gasteiger partial charge in [-0.25, -0.2) is 4.79 Å². The van der Waals surface area contributed by atoms with E-state index in [-0.39, 0.29) is 18.7 Å². The number of carbonyl (C=O) groups excluding carboxylic acids is 1. The third-order valence-electron chi connectivity index (χ3n) is 4.23. The molecule has 132 valence electrons. The van der Waals surface area contributed by atoms with E-state index in [0.717, 1.165) is 11.3 Å². The van der Waals surface area contributed by atoms with Crippen LogP contribution in [0.15, 0.2) is 28.8 Å². The number of hydrogen-bond acceptors (Lipinski definition) is 6. The van der Waals surface area contributed by atoms with Crippen molar-refractivity contribution in [2.75, 3.05) is 13.7 Å². The molecule has 0 bridgehead atoms. The second-order valence-corrected chi connectivity index (χ2v) is 5.82. The largest absolute Gasteiger partial charge is 0.497 e. The van der Waals surface area contributed by atoms with Crippen molar-refractivity contribution in [2.24, 2.45) is 0 Å². The highest BCUT2D eigenvalue weighted by Gasteiger charge is 2.33. The van der Waals surface area contributed by atoms with E-state index in [2.05, 4.69) is 10.1 Å². The SMILES string of the molecule is COc1ccc(-c2noc(CCC(=O)N3CCCC3C(=O)O)n2)cc1. The van der Waals surface area contributed by atoms with Crippen LogP contribution >= 0.6 is 0 Å². The molecule has 1 aliphatic heterocycles. The molecule has 1 saturated heterocycles. The number of benzene rings is 1. The van der Waals surface area contributed by atoms with Gasteiger partial charge in [-0.1, -0.05) is 5.16 Å². The summed E-state index contributed by atoms with van der Waals surface area (Å²) in [6.45, 7) is 0.483. The Morgan fingerprint density at radius 3 is 2.80 bits per heavy atom. The number of aryl methyl sites for hydroxylation is 1. The van der Waals surface area contributed by atoms with E-state index in [1.807, 2.05) is 12.1 Å². The Hall–Kier alpha value is -2.90. The highest BCUT2D eigenvalue weighted by atomic mass is 16.5. The zero-order chi connectivity index (χ0) is 17.8. The van der Waals surface area contributed by atoms with Crippen LogP contribution in [0.4, 0.5) is 0 Å². The molecule has 2 heterocycles. The standard InChI is InChI=1S/C17H19N3O5/c1-24-12-6-4-11(5-7-12)16-18-14(25-19-16)8-9-15(21)20-10-2-3-13(20)17(22)23/h4-7,13H,2-3,8-10H2,1H3,(H,22,23). The Kier molecular flexibility index (Phi) is 4.97. The zero-order valence-electron chi connectivity index (χ0n) is 13.8. The molecular weight excluding hydrogens is 326 g/mol. The first-order chi connectivity index (χ1) is 12.1. The molecule has 1 N–H and O–H groups in total. The summed E-state index contributed by atoms with van der Waals surface area (Å²) in [6, 6.07) is 6.52. The van der Waals surface area contributed by atoms with Crippen molar-refractivity contribution >= 4 is 11.9 Å². The van der Waals surface area contributed by atoms with Gasteiger partial charge < -0.3 is 19.3 Å². The summed E-state index contributed by atoms with van der Waals surface area (Å²) in [5, 5.41) is 13.1. The Bertz CT molecular complexity index is 756. The van der Waals surface area contributed by atoms with Crippen molar-refractivity contribution in [2.45, 2.75) is 31.7 Å². The molecule has 0 aliphatic carbocycles. The Labute approximate surface area is 144 Å². The monoisotopic (exact) mass is 345 g/mol. The van der Waals surface area contributed by atoms with Gasteiger partial charge in [-0.05, 0) is 37.1 Å². The molecule has 1 atom stereocenters. The number of aromatic nitrogens is 2. The number of nitrogens with zero attached hydrogens (tertiary/aromatic N) is 3. The molecular formula is C17H19N3O5. The van der Waals surface area contributed by atoms with Crippen molar-refractivity contribution in [3.63, 3.8) is 0 Å². The van der Waals surface area contributed by atoms with Gasteiger partial charge in [-0.2, -0.15) is 4.98 Å². The lowest BCUT2D eigenvalue weighted by molar-refractivity contribution is -0.148. The maximum absolute atomic E-state index is 12.2. The molecule has 1 aromatic heterocycles. The quantitative estimate of drug-likeness (QED) is 0.850. The molecule has 8 heteroatoms. The summed E-state index contributed by atoms with van der Waals surface area (Å²) in [6.07, 6.45) is 1.65. The summed E-state index contributed by atoms with van der Waals surface area (Å²) in [5.74, 6) is 0.371. The van der Waals surface area contributed by atoms with Gasteiger partial charge in [0, 0.05) is 24.9 Å². The maximum atomic E-state index is 12.2. The molecule has 1 aliphatic rings. The minimum atomic E-state index is -0.953. The highest BCUT2D eigenvalue weighted by molar-refractivity contribution is 5.84. The molecule has 1 amide bonds. The Morgan fingerprint density at radius 2 is 2.12 bits per heavy atom. The number of aliphatic carboxylic acids is 1. The van der Waals surface area contributed by atoms with Gasteiger partial charge >= 0.3 is 5.97 Å². The first kappa shape index (κ1) is 16.9. The van der Waals surface area contributed by atoms with Crippen molar-refractivity contribution in [1.82, 2.24) is 15.0 Å². The number of carbonyl (C=O) groups is 2. The van der Waals surface area contributed by atoms with Crippen LogP contribution in [0.2, 0.25) is 0 Å². The third-order valence-corrected chi connectivity index (χ3v) is 4.23. The average Bonchev–Trinajstić information content (AvgIpc) is 3.29. The normalized spacial score (nSPS) is 16.8. The lowest BCUT2D eigenvalue weighted by Crippen LogP contribution is -2.40. The number of likely N-dealkylation sites (tertiary alicyclic amines) is 1. The first-order valence-electron chi connectivity index (χ1n) is 8.08. The van der Waals surface area contributed by atoms with Crippen molar-refractivity contribution in [3.8, 4) is 17.1 Å². The van der Waals surface area contributed by atoms with Gasteiger partial charge in [0.05, 0.1) is 7.11 Å². The van der Waals surface area contributed by atoms with Gasteiger partial charge in [-0.15, -0.1) is 0 Å². The van der Waals surface area contributed by atoms with Crippen molar-refractivity contribution in [3.05, 3.63) is 30.2 Å². The van der Waals surface area contributed by atoms with E-state index in [4.69, 9.17) is 14.4 Å². The smallest absolute Gasteiger partial charge is 0.326 e. The predicted molar refractivity (Wildman–Crippen MR) is 87.0 cm³/mol. The van der Waals surface area contributed by atoms with Crippen LogP contribution in [0.25, 0.3) is 11.4 Å². The van der Waals surface area contributed by atoms with Gasteiger partial charge in [-0.3, -0.25) is 4.79 Å². The average molecular weight is 345 g/mol. The number of ether oxygens (including phenoxy) is 1. The molecule has 0 radical (unpaired) electrons. The van der Waals surface area contributed by atoms with E-state index in [9.17, 15) is 9.59 Å². The highest BCUT2D eigenvalue weighted by Crippen LogP contribution is 2.21. The number of rotatable bonds is 6. The summed E-state index contributed by atoms with van der Waals surface area (Å²) in [4.78, 5) is 29.1. The minimum Gasteiger partial charge on any atom is -0.497 e. The second-order valence-electron chi connectivity index (χ2n) is 5.82. The van der Waals surface area contributed by atoms with Gasteiger partial charge in [0.25, 0.3) is 0 Å². The molecule has 3 rings (SSSR count). The van der Waals surface area contributed by atoms with Crippen LogP contribution in [0.1, 0.15) is 25.2 Å². The van der Waals surface area contributed by atoms with Gasteiger partial charge in [0.1, 0.15) is 11.8 Å². The lowest BCUT2D eigenvalue weighted by atomic mass is 10.2. The molecule has 0 saturated carbocycles. The summed E-state index contributed by atoms with van der Waals surface area (Å²) in [7, 11) is 1.59. The van der Waals surface area contributed by atoms with E-state index in [0.29, 0.717) is 31.1 Å². The van der Waals surface area contributed by atoms with Crippen LogP contribution in [-0.4, -0.2) is 51.7 Å². The topological polar surface area (TPSA) is 106 Å². The third kappa shape index (κ3) is 3.78. The van der Waals surface area contributed by atoms with Crippen LogP contribution in [0.3, 0.4) is 0 Å². The molecule has 2 aromatic rings. The summed E-state index contributed by atoms with van der Waals surface area (Å²) >= 11 is 0. The fourth-order valence-electron chi connectivity index (χ4n) is 2.89. The van der Waals surface area contributed by atoms with E-state index in [1.54, 1.807) is 19.2 Å². The fourth-order valence-corrected chi connectivity index (χ4v) is 2.89. The molecule has 25 heavy (non-hydrogen) atoms. The van der Waals surface area contributed by atoms with Gasteiger partial charge in [0.15, 0.2) is 0 Å². The minimum absolute atomic E-state index is 0.147. The molecule has 1 unspecified atom stereocenters. The maximum Gasteiger partial charge on any atom is 0.326 e. The van der Waals surface area contributed by atoms with Crippen LogP contribution in [0, 0.1) is 0 Å².